The topological polar surface area (TPSA) is 214 Å². The second-order valence-corrected chi connectivity index (χ2v) is 6.01. The fraction of sp³-hybridized carbons (Fsp3) is 0. The maximum absolute atomic E-state index is 11.6. The minimum Gasteiger partial charge on any atom is -0.397 e. The van der Waals surface area contributed by atoms with Crippen LogP contribution in [0.4, 0.5) is 11.4 Å². The van der Waals surface area contributed by atoms with Gasteiger partial charge in [-0.25, -0.2) is 13.6 Å². The zero-order valence-electron chi connectivity index (χ0n) is 12.2. The molecule has 0 aliphatic carbocycles. The average Bonchev–Trinajstić information content (AvgIpc) is 2.50. The van der Waals surface area contributed by atoms with Gasteiger partial charge in [0.2, 0.25) is 10.0 Å². The first-order chi connectivity index (χ1) is 10.7. The van der Waals surface area contributed by atoms with Gasteiger partial charge < -0.3 is 17.2 Å². The van der Waals surface area contributed by atoms with Crippen molar-refractivity contribution in [1.29, 1.82) is 5.41 Å². The van der Waals surface area contributed by atoms with Gasteiger partial charge in [-0.1, -0.05) is 18.2 Å². The second kappa shape index (κ2) is 7.07. The van der Waals surface area contributed by atoms with E-state index in [0.717, 1.165) is 0 Å². The van der Waals surface area contributed by atoms with Crippen LogP contribution in [0.1, 0.15) is 5.56 Å². The van der Waals surface area contributed by atoms with Crippen molar-refractivity contribution in [3.05, 3.63) is 42.0 Å². The van der Waals surface area contributed by atoms with Crippen molar-refractivity contribution in [1.82, 2.24) is 0 Å². The summed E-state index contributed by atoms with van der Waals surface area (Å²) in [5, 5.41) is 12.8. The maximum Gasteiger partial charge on any atom is 0.238 e. The number of anilines is 2. The van der Waals surface area contributed by atoms with E-state index in [1.165, 1.54) is 12.1 Å². The Morgan fingerprint density at radius 3 is 2.09 bits per heavy atom. The van der Waals surface area contributed by atoms with Crippen LogP contribution in [-0.4, -0.2) is 14.3 Å². The average molecular weight is 337 g/mol. The lowest BCUT2D eigenvalue weighted by Crippen LogP contribution is -2.21. The molecule has 0 saturated heterocycles. The lowest BCUT2D eigenvalue weighted by molar-refractivity contribution is 0.597. The highest BCUT2D eigenvalue weighted by Crippen LogP contribution is 2.30. The van der Waals surface area contributed by atoms with Crippen LogP contribution in [-0.2, 0) is 10.0 Å². The van der Waals surface area contributed by atoms with Gasteiger partial charge in [0.1, 0.15) is 5.84 Å². The Morgan fingerprint density at radius 1 is 1.00 bits per heavy atom. The quantitative estimate of drug-likeness (QED) is 0.125. The lowest BCUT2D eigenvalue weighted by atomic mass is 9.98. The highest BCUT2D eigenvalue weighted by molar-refractivity contribution is 7.89. The monoisotopic (exact) mass is 337 g/mol. The number of nitrogens with one attached hydrogen (secondary N) is 1. The molecule has 10 heteroatoms. The number of amidine groups is 1. The molecule has 0 saturated carbocycles. The molecule has 2 rings (SSSR count). The summed E-state index contributed by atoms with van der Waals surface area (Å²) < 4.78 is 23.3. The Balaban J connectivity index is 0.00000127. The molecule has 0 amide bonds. The van der Waals surface area contributed by atoms with Crippen LogP contribution in [0.2, 0.25) is 0 Å². The SMILES string of the molecule is N=C(N)c1c(-c2ccc(N)c(N)c2)cccc1S(N)(=O)=O.NN. The molecule has 13 N–H and O–H groups in total. The molecule has 0 atom stereocenters. The molecule has 0 heterocycles. The van der Waals surface area contributed by atoms with Crippen molar-refractivity contribution >= 4 is 27.2 Å². The molecule has 23 heavy (non-hydrogen) atoms. The summed E-state index contributed by atoms with van der Waals surface area (Å²) in [5.41, 5.74) is 18.8. The van der Waals surface area contributed by atoms with E-state index in [2.05, 4.69) is 11.7 Å². The third kappa shape index (κ3) is 3.96. The van der Waals surface area contributed by atoms with E-state index in [9.17, 15) is 8.42 Å². The number of rotatable bonds is 3. The summed E-state index contributed by atoms with van der Waals surface area (Å²) in [6, 6.07) is 9.31. The lowest BCUT2D eigenvalue weighted by Gasteiger charge is -2.13. The van der Waals surface area contributed by atoms with Crippen LogP contribution in [0.3, 0.4) is 0 Å². The zero-order valence-corrected chi connectivity index (χ0v) is 13.0. The van der Waals surface area contributed by atoms with Gasteiger partial charge in [0.25, 0.3) is 0 Å². The number of hydrogen-bond donors (Lipinski definition) is 7. The van der Waals surface area contributed by atoms with Gasteiger partial charge in [-0.3, -0.25) is 17.1 Å². The molecule has 0 bridgehead atoms. The molecule has 0 unspecified atom stereocenters. The van der Waals surface area contributed by atoms with Gasteiger partial charge in [-0.15, -0.1) is 0 Å². The number of primary sulfonamides is 1. The predicted octanol–water partition coefficient (Wildman–Crippen LogP) is -0.732. The number of hydrazine groups is 1. The fourth-order valence-corrected chi connectivity index (χ4v) is 2.80. The Bertz CT molecular complexity index is 834. The van der Waals surface area contributed by atoms with E-state index in [1.807, 2.05) is 0 Å². The van der Waals surface area contributed by atoms with Crippen LogP contribution < -0.4 is 34.0 Å². The molecular weight excluding hydrogens is 318 g/mol. The Labute approximate surface area is 133 Å². The van der Waals surface area contributed by atoms with Crippen molar-refractivity contribution in [3.8, 4) is 11.1 Å². The van der Waals surface area contributed by atoms with Gasteiger partial charge in [-0.2, -0.15) is 0 Å². The van der Waals surface area contributed by atoms with E-state index < -0.39 is 15.9 Å². The molecule has 0 radical (unpaired) electrons. The van der Waals surface area contributed by atoms with Crippen LogP contribution in [0.15, 0.2) is 41.3 Å². The number of sulfonamides is 1. The van der Waals surface area contributed by atoms with E-state index >= 15 is 0 Å². The van der Waals surface area contributed by atoms with Crippen LogP contribution >= 0.6 is 0 Å². The van der Waals surface area contributed by atoms with Gasteiger partial charge >= 0.3 is 0 Å². The summed E-state index contributed by atoms with van der Waals surface area (Å²) in [4.78, 5) is -0.206. The van der Waals surface area contributed by atoms with Gasteiger partial charge in [0, 0.05) is 5.56 Å². The third-order valence-corrected chi connectivity index (χ3v) is 3.95. The Kier molecular flexibility index (Phi) is 5.65. The minimum atomic E-state index is -4.00. The minimum absolute atomic E-state index is 0.0455. The molecule has 9 nitrogen and oxygen atoms in total. The first kappa shape index (κ1) is 18.4. The Morgan fingerprint density at radius 2 is 1.61 bits per heavy atom. The van der Waals surface area contributed by atoms with Gasteiger partial charge in [0.05, 0.1) is 16.3 Å². The van der Waals surface area contributed by atoms with Gasteiger partial charge in [0.15, 0.2) is 0 Å². The summed E-state index contributed by atoms with van der Waals surface area (Å²) >= 11 is 0. The molecule has 124 valence electrons. The largest absolute Gasteiger partial charge is 0.397 e. The van der Waals surface area contributed by atoms with Crippen LogP contribution in [0.5, 0.6) is 0 Å². The highest BCUT2D eigenvalue weighted by Gasteiger charge is 2.20. The maximum atomic E-state index is 11.6. The van der Waals surface area contributed by atoms with Crippen molar-refractivity contribution in [2.24, 2.45) is 22.6 Å². The normalized spacial score (nSPS) is 10.6. The van der Waals surface area contributed by atoms with Crippen LogP contribution in [0, 0.1) is 5.41 Å². The first-order valence-electron chi connectivity index (χ1n) is 6.20. The fourth-order valence-electron chi connectivity index (χ4n) is 2.03. The molecule has 2 aromatic carbocycles. The third-order valence-electron chi connectivity index (χ3n) is 3.00. The molecule has 0 aliphatic rings. The highest BCUT2D eigenvalue weighted by atomic mass is 32.2. The van der Waals surface area contributed by atoms with Crippen molar-refractivity contribution in [2.45, 2.75) is 4.90 Å². The summed E-state index contributed by atoms with van der Waals surface area (Å²) in [6.07, 6.45) is 0. The van der Waals surface area contributed by atoms with E-state index in [1.54, 1.807) is 24.3 Å². The molecule has 0 fully saturated rings. The standard InChI is InChI=1S/C13H15N5O2S.H4N2/c14-9-5-4-7(6-10(9)15)8-2-1-3-11(21(18,19)20)12(8)13(16)17;1-2/h1-6H,14-15H2,(H3,16,17)(H2,18,19,20);1-2H2. The summed E-state index contributed by atoms with van der Waals surface area (Å²) in [5.74, 6) is 7.60. The number of nitrogen functional groups attached to an aromatic ring is 3. The first-order valence-corrected chi connectivity index (χ1v) is 7.75. The summed E-state index contributed by atoms with van der Waals surface area (Å²) in [7, 11) is -4.00. The smallest absolute Gasteiger partial charge is 0.238 e. The van der Waals surface area contributed by atoms with Crippen molar-refractivity contribution in [3.63, 3.8) is 0 Å². The second-order valence-electron chi connectivity index (χ2n) is 4.48. The zero-order chi connectivity index (χ0) is 17.8. The molecule has 0 aromatic heterocycles. The predicted molar refractivity (Wildman–Crippen MR) is 91.5 cm³/mol. The number of benzene rings is 2. The van der Waals surface area contributed by atoms with E-state index in [0.29, 0.717) is 22.5 Å². The summed E-state index contributed by atoms with van der Waals surface area (Å²) in [6.45, 7) is 0. The molecule has 2 aromatic rings. The molecule has 0 spiro atoms. The van der Waals surface area contributed by atoms with E-state index in [-0.39, 0.29) is 10.5 Å². The van der Waals surface area contributed by atoms with Gasteiger partial charge in [-0.05, 0) is 29.3 Å². The molecular formula is C13H19N7O2S. The molecule has 0 aliphatic heterocycles. The van der Waals surface area contributed by atoms with E-state index in [4.69, 9.17) is 27.7 Å². The number of nitrogens with two attached hydrogens (primary N) is 6. The Hall–Kier alpha value is -2.66. The van der Waals surface area contributed by atoms with Crippen LogP contribution in [0.25, 0.3) is 11.1 Å². The van der Waals surface area contributed by atoms with Crippen molar-refractivity contribution in [2.75, 3.05) is 11.5 Å². The van der Waals surface area contributed by atoms with Crippen molar-refractivity contribution < 1.29 is 8.42 Å². The number of hydrogen-bond acceptors (Lipinski definition) is 7.